The molecule has 2 N–H and O–H groups in total. The summed E-state index contributed by atoms with van der Waals surface area (Å²) in [6.45, 7) is 1.89. The number of carbonyl (C=O) groups excluding carboxylic acids is 1. The van der Waals surface area contributed by atoms with Crippen LogP contribution in [0.5, 0.6) is 0 Å². The van der Waals surface area contributed by atoms with Gasteiger partial charge in [0.2, 0.25) is 11.1 Å². The van der Waals surface area contributed by atoms with Gasteiger partial charge in [0, 0.05) is 22.2 Å². The molecule has 0 bridgehead atoms. The molecule has 0 radical (unpaired) electrons. The SMILES string of the molecule is CC1=C(C(=O)Nc2ccccc2)C(c2ccccc2)n2nc(SCc3ccccc3Cl)nc2N1. The number of carbonyl (C=O) groups is 1. The summed E-state index contributed by atoms with van der Waals surface area (Å²) in [7, 11) is 0. The van der Waals surface area contributed by atoms with E-state index < -0.39 is 6.04 Å². The van der Waals surface area contributed by atoms with E-state index in [1.807, 2.05) is 91.9 Å². The number of allylic oxidation sites excluding steroid dienone is 1. The van der Waals surface area contributed by atoms with Gasteiger partial charge in [-0.1, -0.05) is 90.1 Å². The largest absolute Gasteiger partial charge is 0.328 e. The first-order chi connectivity index (χ1) is 16.6. The maximum atomic E-state index is 13.4. The first-order valence-electron chi connectivity index (χ1n) is 10.8. The third-order valence-electron chi connectivity index (χ3n) is 5.54. The van der Waals surface area contributed by atoms with Gasteiger partial charge in [0.05, 0.1) is 5.57 Å². The van der Waals surface area contributed by atoms with Crippen LogP contribution in [0, 0.1) is 0 Å². The van der Waals surface area contributed by atoms with Crippen LogP contribution in [0.4, 0.5) is 11.6 Å². The molecule has 1 atom stereocenters. The minimum Gasteiger partial charge on any atom is -0.328 e. The molecule has 0 aliphatic carbocycles. The lowest BCUT2D eigenvalue weighted by Gasteiger charge is -2.28. The van der Waals surface area contributed by atoms with Crippen LogP contribution in [0.15, 0.2) is 101 Å². The van der Waals surface area contributed by atoms with E-state index in [1.54, 1.807) is 4.68 Å². The molecule has 1 aromatic heterocycles. The van der Waals surface area contributed by atoms with E-state index in [0.29, 0.717) is 22.4 Å². The summed E-state index contributed by atoms with van der Waals surface area (Å²) in [4.78, 5) is 18.1. The Bertz CT molecular complexity index is 1350. The quantitative estimate of drug-likeness (QED) is 0.319. The van der Waals surface area contributed by atoms with Crippen LogP contribution in [0.1, 0.15) is 24.1 Å². The molecular weight excluding hydrogens is 466 g/mol. The Morgan fingerprint density at radius 2 is 1.71 bits per heavy atom. The third-order valence-corrected chi connectivity index (χ3v) is 6.79. The van der Waals surface area contributed by atoms with Crippen LogP contribution < -0.4 is 10.6 Å². The predicted molar refractivity (Wildman–Crippen MR) is 137 cm³/mol. The fourth-order valence-electron chi connectivity index (χ4n) is 3.91. The van der Waals surface area contributed by atoms with E-state index >= 15 is 0 Å². The molecule has 3 aromatic carbocycles. The number of rotatable bonds is 6. The number of halogens is 1. The van der Waals surface area contributed by atoms with Crippen molar-refractivity contribution in [3.63, 3.8) is 0 Å². The van der Waals surface area contributed by atoms with E-state index in [9.17, 15) is 4.79 Å². The Hall–Kier alpha value is -3.55. The van der Waals surface area contributed by atoms with Gasteiger partial charge in [0.1, 0.15) is 6.04 Å². The Morgan fingerprint density at radius 1 is 1.03 bits per heavy atom. The van der Waals surface area contributed by atoms with Crippen molar-refractivity contribution in [1.29, 1.82) is 0 Å². The minimum atomic E-state index is -0.414. The molecule has 2 heterocycles. The molecular formula is C26H22ClN5OS. The first-order valence-corrected chi connectivity index (χ1v) is 12.2. The second-order valence-electron chi connectivity index (χ2n) is 7.84. The molecule has 5 rings (SSSR count). The molecule has 34 heavy (non-hydrogen) atoms. The molecule has 0 fully saturated rings. The van der Waals surface area contributed by atoms with Gasteiger partial charge < -0.3 is 10.6 Å². The fraction of sp³-hybridized carbons (Fsp3) is 0.115. The van der Waals surface area contributed by atoms with Gasteiger partial charge in [-0.15, -0.1) is 5.10 Å². The van der Waals surface area contributed by atoms with E-state index in [0.717, 1.165) is 27.5 Å². The number of amides is 1. The zero-order valence-corrected chi connectivity index (χ0v) is 20.0. The van der Waals surface area contributed by atoms with Crippen molar-refractivity contribution in [3.8, 4) is 0 Å². The zero-order chi connectivity index (χ0) is 23.5. The Labute approximate surface area is 207 Å². The number of thioether (sulfide) groups is 1. The molecule has 1 unspecified atom stereocenters. The average molecular weight is 488 g/mol. The molecule has 8 heteroatoms. The van der Waals surface area contributed by atoms with Crippen molar-refractivity contribution in [2.45, 2.75) is 23.9 Å². The van der Waals surface area contributed by atoms with Gasteiger partial charge in [-0.3, -0.25) is 4.79 Å². The lowest BCUT2D eigenvalue weighted by atomic mass is 9.95. The summed E-state index contributed by atoms with van der Waals surface area (Å²) < 4.78 is 1.79. The number of nitrogens with one attached hydrogen (secondary N) is 2. The highest BCUT2D eigenvalue weighted by atomic mass is 35.5. The number of para-hydroxylation sites is 1. The van der Waals surface area contributed by atoms with Crippen LogP contribution in [-0.2, 0) is 10.5 Å². The molecule has 1 amide bonds. The molecule has 170 valence electrons. The summed E-state index contributed by atoms with van der Waals surface area (Å²) in [6.07, 6.45) is 0. The number of hydrogen-bond donors (Lipinski definition) is 2. The van der Waals surface area contributed by atoms with E-state index in [1.165, 1.54) is 11.8 Å². The Kier molecular flexibility index (Phi) is 6.38. The van der Waals surface area contributed by atoms with Crippen molar-refractivity contribution in [3.05, 3.63) is 112 Å². The van der Waals surface area contributed by atoms with Crippen molar-refractivity contribution in [2.75, 3.05) is 10.6 Å². The topological polar surface area (TPSA) is 71.8 Å². The number of nitrogens with zero attached hydrogens (tertiary/aromatic N) is 3. The molecule has 0 saturated carbocycles. The van der Waals surface area contributed by atoms with Gasteiger partial charge in [-0.25, -0.2) is 4.68 Å². The highest BCUT2D eigenvalue weighted by molar-refractivity contribution is 7.98. The summed E-state index contributed by atoms with van der Waals surface area (Å²) >= 11 is 7.82. The lowest BCUT2D eigenvalue weighted by molar-refractivity contribution is -0.113. The predicted octanol–water partition coefficient (Wildman–Crippen LogP) is 6.15. The summed E-state index contributed by atoms with van der Waals surface area (Å²) in [5.41, 5.74) is 4.04. The van der Waals surface area contributed by atoms with E-state index in [4.69, 9.17) is 21.7 Å². The maximum absolute atomic E-state index is 13.4. The molecule has 4 aromatic rings. The van der Waals surface area contributed by atoms with Crippen LogP contribution in [-0.4, -0.2) is 20.7 Å². The third kappa shape index (κ3) is 4.58. The van der Waals surface area contributed by atoms with Gasteiger partial charge in [0.15, 0.2) is 0 Å². The molecule has 1 aliphatic heterocycles. The fourth-order valence-corrected chi connectivity index (χ4v) is 5.02. The van der Waals surface area contributed by atoms with E-state index in [-0.39, 0.29) is 5.91 Å². The molecule has 0 spiro atoms. The Balaban J connectivity index is 1.48. The summed E-state index contributed by atoms with van der Waals surface area (Å²) in [6, 6.07) is 26.6. The highest BCUT2D eigenvalue weighted by Crippen LogP contribution is 2.37. The van der Waals surface area contributed by atoms with Crippen molar-refractivity contribution in [2.24, 2.45) is 0 Å². The van der Waals surface area contributed by atoms with Crippen LogP contribution in [0.3, 0.4) is 0 Å². The number of fused-ring (bicyclic) bond motifs is 1. The number of hydrogen-bond acceptors (Lipinski definition) is 5. The normalized spacial score (nSPS) is 14.9. The monoisotopic (exact) mass is 487 g/mol. The molecule has 0 saturated heterocycles. The maximum Gasteiger partial charge on any atom is 0.255 e. The van der Waals surface area contributed by atoms with Gasteiger partial charge in [-0.2, -0.15) is 4.98 Å². The van der Waals surface area contributed by atoms with Gasteiger partial charge in [0.25, 0.3) is 5.91 Å². The van der Waals surface area contributed by atoms with E-state index in [2.05, 4.69) is 10.6 Å². The van der Waals surface area contributed by atoms with Crippen LogP contribution in [0.2, 0.25) is 5.02 Å². The zero-order valence-electron chi connectivity index (χ0n) is 18.4. The number of aromatic nitrogens is 3. The molecule has 1 aliphatic rings. The van der Waals surface area contributed by atoms with Gasteiger partial charge in [-0.05, 0) is 36.2 Å². The standard InChI is InChI=1S/C26H22ClN5OS/c1-17-22(24(33)29-20-13-6-3-7-14-20)23(18-10-4-2-5-11-18)32-25(28-17)30-26(31-32)34-16-19-12-8-9-15-21(19)27/h2-15,23H,16H2,1H3,(H,29,33)(H,28,30,31). The highest BCUT2D eigenvalue weighted by Gasteiger charge is 2.34. The summed E-state index contributed by atoms with van der Waals surface area (Å²) in [5.74, 6) is 1.06. The lowest BCUT2D eigenvalue weighted by Crippen LogP contribution is -2.31. The molecule has 6 nitrogen and oxygen atoms in total. The first kappa shape index (κ1) is 22.3. The number of anilines is 2. The summed E-state index contributed by atoms with van der Waals surface area (Å²) in [5, 5.41) is 12.4. The minimum absolute atomic E-state index is 0.184. The van der Waals surface area contributed by atoms with Crippen molar-refractivity contribution >= 4 is 40.9 Å². The van der Waals surface area contributed by atoms with Crippen molar-refractivity contribution < 1.29 is 4.79 Å². The van der Waals surface area contributed by atoms with Crippen LogP contribution in [0.25, 0.3) is 0 Å². The average Bonchev–Trinajstić information content (AvgIpc) is 3.26. The Morgan fingerprint density at radius 3 is 2.44 bits per heavy atom. The van der Waals surface area contributed by atoms with Gasteiger partial charge >= 0.3 is 0 Å². The smallest absolute Gasteiger partial charge is 0.255 e. The van der Waals surface area contributed by atoms with Crippen LogP contribution >= 0.6 is 23.4 Å². The number of benzene rings is 3. The van der Waals surface area contributed by atoms with Crippen molar-refractivity contribution in [1.82, 2.24) is 14.8 Å². The second kappa shape index (κ2) is 9.75. The second-order valence-corrected chi connectivity index (χ2v) is 9.19.